The standard InChI is InChI=1S/C30H24ClF2N5O/c1-34-21-15-38(16-21)30(39)17-5-9-20(10-6-17)36-26-12-7-18-14-35-29(27-24(32)3-2-4-25(27)33)23-13-19(31)8-11-22(23)28(18)37-26/h2-13,21,34H,14-16H2,1H3,(H,36,37). The minimum atomic E-state index is -0.696. The highest BCUT2D eigenvalue weighted by atomic mass is 35.5. The minimum absolute atomic E-state index is 0.00793. The van der Waals surface area contributed by atoms with E-state index in [1.165, 1.54) is 18.2 Å². The summed E-state index contributed by atoms with van der Waals surface area (Å²) in [7, 11) is 1.89. The summed E-state index contributed by atoms with van der Waals surface area (Å²) in [6.07, 6.45) is 0. The number of anilines is 2. The molecule has 39 heavy (non-hydrogen) atoms. The lowest BCUT2D eigenvalue weighted by Gasteiger charge is -2.39. The summed E-state index contributed by atoms with van der Waals surface area (Å²) in [5.41, 5.74) is 4.03. The number of fused-ring (bicyclic) bond motifs is 3. The van der Waals surface area contributed by atoms with E-state index >= 15 is 0 Å². The second kappa shape index (κ2) is 10.2. The Morgan fingerprint density at radius 2 is 1.72 bits per heavy atom. The van der Waals surface area contributed by atoms with Gasteiger partial charge in [0.15, 0.2) is 0 Å². The summed E-state index contributed by atoms with van der Waals surface area (Å²) in [6, 6.07) is 20.3. The van der Waals surface area contributed by atoms with Gasteiger partial charge in [0.1, 0.15) is 17.5 Å². The summed E-state index contributed by atoms with van der Waals surface area (Å²) < 4.78 is 29.5. The summed E-state index contributed by atoms with van der Waals surface area (Å²) >= 11 is 6.30. The van der Waals surface area contributed by atoms with E-state index < -0.39 is 11.6 Å². The van der Waals surface area contributed by atoms with Crippen molar-refractivity contribution in [3.05, 3.63) is 112 Å². The van der Waals surface area contributed by atoms with E-state index in [4.69, 9.17) is 16.6 Å². The number of nitrogens with zero attached hydrogens (tertiary/aromatic N) is 3. The van der Waals surface area contributed by atoms with Crippen molar-refractivity contribution >= 4 is 34.7 Å². The molecule has 1 fully saturated rings. The van der Waals surface area contributed by atoms with Crippen LogP contribution in [0, 0.1) is 11.6 Å². The lowest BCUT2D eigenvalue weighted by Crippen LogP contribution is -2.58. The Kier molecular flexibility index (Phi) is 6.58. The first kappa shape index (κ1) is 25.2. The summed E-state index contributed by atoms with van der Waals surface area (Å²) in [6.45, 7) is 1.60. The molecule has 4 aromatic rings. The molecule has 0 aliphatic carbocycles. The van der Waals surface area contributed by atoms with Gasteiger partial charge >= 0.3 is 0 Å². The molecule has 0 atom stereocenters. The number of carbonyl (C=O) groups excluding carboxylic acids is 1. The van der Waals surface area contributed by atoms with Gasteiger partial charge in [-0.05, 0) is 61.6 Å². The molecule has 2 aliphatic heterocycles. The molecule has 0 radical (unpaired) electrons. The molecule has 6 nitrogen and oxygen atoms in total. The topological polar surface area (TPSA) is 69.6 Å². The molecular formula is C30H24ClF2N5O. The van der Waals surface area contributed by atoms with Gasteiger partial charge < -0.3 is 15.5 Å². The lowest BCUT2D eigenvalue weighted by molar-refractivity contribution is 0.0577. The van der Waals surface area contributed by atoms with Crippen LogP contribution in [-0.2, 0) is 6.54 Å². The number of benzene rings is 3. The Morgan fingerprint density at radius 1 is 0.974 bits per heavy atom. The van der Waals surface area contributed by atoms with Gasteiger partial charge in [0.05, 0.1) is 23.5 Å². The Labute approximate surface area is 229 Å². The number of amides is 1. The third-order valence-corrected chi connectivity index (χ3v) is 7.29. The predicted molar refractivity (Wildman–Crippen MR) is 149 cm³/mol. The second-order valence-corrected chi connectivity index (χ2v) is 9.99. The Balaban J connectivity index is 1.30. The normalized spacial score (nSPS) is 14.6. The highest BCUT2D eigenvalue weighted by Gasteiger charge is 2.30. The van der Waals surface area contributed by atoms with Crippen LogP contribution in [0.25, 0.3) is 11.3 Å². The highest BCUT2D eigenvalue weighted by Crippen LogP contribution is 2.35. The molecule has 2 aliphatic rings. The van der Waals surface area contributed by atoms with Crippen LogP contribution in [-0.4, -0.2) is 47.7 Å². The van der Waals surface area contributed by atoms with Crippen molar-refractivity contribution in [2.75, 3.05) is 25.5 Å². The largest absolute Gasteiger partial charge is 0.340 e. The molecule has 1 aromatic heterocycles. The van der Waals surface area contributed by atoms with Crippen molar-refractivity contribution in [2.24, 2.45) is 4.99 Å². The van der Waals surface area contributed by atoms with Crippen LogP contribution in [0.4, 0.5) is 20.3 Å². The Hall–Kier alpha value is -4.14. The second-order valence-electron chi connectivity index (χ2n) is 9.55. The summed E-state index contributed by atoms with van der Waals surface area (Å²) in [4.78, 5) is 23.9. The van der Waals surface area contributed by atoms with Crippen molar-refractivity contribution in [3.63, 3.8) is 0 Å². The highest BCUT2D eigenvalue weighted by molar-refractivity contribution is 6.31. The first-order valence-electron chi connectivity index (χ1n) is 12.5. The minimum Gasteiger partial charge on any atom is -0.340 e. The van der Waals surface area contributed by atoms with E-state index in [0.717, 1.165) is 11.3 Å². The van der Waals surface area contributed by atoms with Crippen LogP contribution >= 0.6 is 11.6 Å². The summed E-state index contributed by atoms with van der Waals surface area (Å²) in [5.74, 6) is -0.805. The fourth-order valence-corrected chi connectivity index (χ4v) is 5.05. The number of hydrogen-bond donors (Lipinski definition) is 2. The van der Waals surface area contributed by atoms with Crippen LogP contribution < -0.4 is 10.6 Å². The van der Waals surface area contributed by atoms with Gasteiger partial charge in [-0.2, -0.15) is 0 Å². The van der Waals surface area contributed by atoms with Crippen LogP contribution in [0.2, 0.25) is 5.02 Å². The quantitative estimate of drug-likeness (QED) is 0.333. The SMILES string of the molecule is CNC1CN(C(=O)c2ccc(Nc3ccc4c(n3)-c3ccc(Cl)cc3C(c3c(F)cccc3F)=NC4)cc2)C1. The molecule has 3 aromatic carbocycles. The van der Waals surface area contributed by atoms with Gasteiger partial charge in [-0.3, -0.25) is 9.79 Å². The van der Waals surface area contributed by atoms with Gasteiger partial charge in [0.25, 0.3) is 5.91 Å². The number of aromatic nitrogens is 1. The molecule has 0 bridgehead atoms. The fourth-order valence-electron chi connectivity index (χ4n) is 4.88. The molecule has 3 heterocycles. The van der Waals surface area contributed by atoms with Crippen molar-refractivity contribution in [1.29, 1.82) is 0 Å². The number of halogens is 3. The van der Waals surface area contributed by atoms with Gasteiger partial charge in [-0.1, -0.05) is 29.8 Å². The van der Waals surface area contributed by atoms with Gasteiger partial charge in [-0.15, -0.1) is 0 Å². The number of rotatable bonds is 5. The molecule has 2 N–H and O–H groups in total. The van der Waals surface area contributed by atoms with Crippen molar-refractivity contribution in [1.82, 2.24) is 15.2 Å². The number of hydrogen-bond acceptors (Lipinski definition) is 5. The number of likely N-dealkylation sites (N-methyl/N-ethyl adjacent to an activating group) is 1. The molecule has 6 rings (SSSR count). The smallest absolute Gasteiger partial charge is 0.253 e. The van der Waals surface area contributed by atoms with Crippen LogP contribution in [0.3, 0.4) is 0 Å². The zero-order valence-electron chi connectivity index (χ0n) is 21.0. The molecule has 9 heteroatoms. The van der Waals surface area contributed by atoms with E-state index in [1.807, 2.05) is 36.2 Å². The molecule has 0 unspecified atom stereocenters. The number of pyridine rings is 1. The zero-order valence-corrected chi connectivity index (χ0v) is 21.8. The molecule has 1 amide bonds. The van der Waals surface area contributed by atoms with E-state index in [9.17, 15) is 13.6 Å². The van der Waals surface area contributed by atoms with Gasteiger partial charge in [0.2, 0.25) is 0 Å². The van der Waals surface area contributed by atoms with Crippen molar-refractivity contribution < 1.29 is 13.6 Å². The van der Waals surface area contributed by atoms with E-state index in [0.29, 0.717) is 52.4 Å². The molecule has 0 spiro atoms. The van der Waals surface area contributed by atoms with Crippen LogP contribution in [0.15, 0.2) is 77.8 Å². The maximum atomic E-state index is 14.8. The fraction of sp³-hybridized carbons (Fsp3) is 0.167. The van der Waals surface area contributed by atoms with Crippen molar-refractivity contribution in [3.8, 4) is 11.3 Å². The monoisotopic (exact) mass is 543 g/mol. The van der Waals surface area contributed by atoms with E-state index in [-0.39, 0.29) is 23.7 Å². The molecular weight excluding hydrogens is 520 g/mol. The number of nitrogens with one attached hydrogen (secondary N) is 2. The average molecular weight is 544 g/mol. The zero-order chi connectivity index (χ0) is 27.1. The van der Waals surface area contributed by atoms with Crippen LogP contribution in [0.1, 0.15) is 27.0 Å². The third kappa shape index (κ3) is 4.77. The maximum Gasteiger partial charge on any atom is 0.253 e. The first-order chi connectivity index (χ1) is 18.9. The Bertz CT molecular complexity index is 1600. The Morgan fingerprint density at radius 3 is 2.44 bits per heavy atom. The lowest BCUT2D eigenvalue weighted by atomic mass is 9.94. The van der Waals surface area contributed by atoms with Gasteiger partial charge in [0, 0.05) is 52.1 Å². The number of carbonyl (C=O) groups is 1. The van der Waals surface area contributed by atoms with E-state index in [1.54, 1.807) is 30.3 Å². The maximum absolute atomic E-state index is 14.8. The van der Waals surface area contributed by atoms with Crippen molar-refractivity contribution in [2.45, 2.75) is 12.6 Å². The van der Waals surface area contributed by atoms with Gasteiger partial charge in [-0.25, -0.2) is 13.8 Å². The summed E-state index contributed by atoms with van der Waals surface area (Å²) in [5, 5.41) is 6.88. The third-order valence-electron chi connectivity index (χ3n) is 7.06. The molecule has 196 valence electrons. The number of likely N-dealkylation sites (tertiary alicyclic amines) is 1. The average Bonchev–Trinajstić information content (AvgIpc) is 3.05. The molecule has 1 saturated heterocycles. The van der Waals surface area contributed by atoms with E-state index in [2.05, 4.69) is 15.6 Å². The molecule has 0 saturated carbocycles. The first-order valence-corrected chi connectivity index (χ1v) is 12.9. The number of aliphatic imine (C=N–C) groups is 1. The van der Waals surface area contributed by atoms with Crippen LogP contribution in [0.5, 0.6) is 0 Å². The predicted octanol–water partition coefficient (Wildman–Crippen LogP) is 5.82.